The standard InChI is InChI=1S/C14H26N2/c1-3-9(2)15-6-7-16-14-12-10-4-5-11(8-10)13(12)14/h9-16H,3-8H2,1-2H3. The van der Waals surface area contributed by atoms with Crippen LogP contribution in [-0.2, 0) is 0 Å². The first kappa shape index (κ1) is 11.0. The van der Waals surface area contributed by atoms with Crippen LogP contribution in [0.3, 0.4) is 0 Å². The van der Waals surface area contributed by atoms with Gasteiger partial charge in [-0.25, -0.2) is 0 Å². The van der Waals surface area contributed by atoms with Crippen LogP contribution in [-0.4, -0.2) is 25.2 Å². The van der Waals surface area contributed by atoms with Gasteiger partial charge in [0.2, 0.25) is 0 Å². The highest BCUT2D eigenvalue weighted by atomic mass is 15.0. The Morgan fingerprint density at radius 3 is 2.44 bits per heavy atom. The van der Waals surface area contributed by atoms with Gasteiger partial charge in [-0.05, 0) is 56.3 Å². The summed E-state index contributed by atoms with van der Waals surface area (Å²) in [6.45, 7) is 6.82. The van der Waals surface area contributed by atoms with Gasteiger partial charge in [-0.2, -0.15) is 0 Å². The van der Waals surface area contributed by atoms with Gasteiger partial charge in [0.15, 0.2) is 0 Å². The van der Waals surface area contributed by atoms with Gasteiger partial charge in [-0.1, -0.05) is 6.92 Å². The van der Waals surface area contributed by atoms with Crippen molar-refractivity contribution < 1.29 is 0 Å². The van der Waals surface area contributed by atoms with Crippen molar-refractivity contribution in [2.24, 2.45) is 23.7 Å². The summed E-state index contributed by atoms with van der Waals surface area (Å²) in [4.78, 5) is 0. The van der Waals surface area contributed by atoms with Gasteiger partial charge >= 0.3 is 0 Å². The molecular formula is C14H26N2. The van der Waals surface area contributed by atoms with Crippen molar-refractivity contribution in [2.75, 3.05) is 13.1 Å². The van der Waals surface area contributed by atoms with E-state index >= 15 is 0 Å². The summed E-state index contributed by atoms with van der Waals surface area (Å²) < 4.78 is 0. The van der Waals surface area contributed by atoms with Crippen LogP contribution in [0.25, 0.3) is 0 Å². The van der Waals surface area contributed by atoms with Crippen LogP contribution in [0.2, 0.25) is 0 Å². The average molecular weight is 222 g/mol. The number of hydrogen-bond donors (Lipinski definition) is 2. The maximum Gasteiger partial charge on any atom is 0.0136 e. The van der Waals surface area contributed by atoms with E-state index in [0.29, 0.717) is 6.04 Å². The van der Waals surface area contributed by atoms with Crippen LogP contribution in [0, 0.1) is 23.7 Å². The molecule has 16 heavy (non-hydrogen) atoms. The molecule has 0 spiro atoms. The van der Waals surface area contributed by atoms with Gasteiger partial charge in [0.05, 0.1) is 0 Å². The molecule has 92 valence electrons. The smallest absolute Gasteiger partial charge is 0.0136 e. The van der Waals surface area contributed by atoms with E-state index in [1.807, 2.05) is 0 Å². The molecule has 0 aromatic rings. The Kier molecular flexibility index (Phi) is 2.97. The number of nitrogens with one attached hydrogen (secondary N) is 2. The number of fused-ring (bicyclic) bond motifs is 5. The highest BCUT2D eigenvalue weighted by Gasteiger charge is 2.64. The summed E-state index contributed by atoms with van der Waals surface area (Å²) in [6, 6.07) is 1.58. The lowest BCUT2D eigenvalue weighted by Crippen LogP contribution is -2.35. The number of hydrogen-bond acceptors (Lipinski definition) is 2. The van der Waals surface area contributed by atoms with Gasteiger partial charge in [0.25, 0.3) is 0 Å². The van der Waals surface area contributed by atoms with E-state index in [1.54, 1.807) is 6.42 Å². The molecule has 0 saturated heterocycles. The fraction of sp³-hybridized carbons (Fsp3) is 1.00. The summed E-state index contributed by atoms with van der Waals surface area (Å²) in [7, 11) is 0. The molecule has 2 N–H and O–H groups in total. The highest BCUT2D eigenvalue weighted by Crippen LogP contribution is 2.65. The highest BCUT2D eigenvalue weighted by molar-refractivity contribution is 5.16. The van der Waals surface area contributed by atoms with Crippen LogP contribution in [0.15, 0.2) is 0 Å². The van der Waals surface area contributed by atoms with E-state index in [9.17, 15) is 0 Å². The molecule has 5 atom stereocenters. The lowest BCUT2D eigenvalue weighted by molar-refractivity contribution is 0.449. The first-order valence-electron chi connectivity index (χ1n) is 7.28. The minimum Gasteiger partial charge on any atom is -0.313 e. The molecule has 3 fully saturated rings. The van der Waals surface area contributed by atoms with E-state index in [4.69, 9.17) is 0 Å². The second-order valence-corrected chi connectivity index (χ2v) is 6.23. The molecule has 0 radical (unpaired) electrons. The molecule has 2 bridgehead atoms. The Bertz CT molecular complexity index is 237. The third-order valence-corrected chi connectivity index (χ3v) is 5.35. The predicted molar refractivity (Wildman–Crippen MR) is 67.4 cm³/mol. The fourth-order valence-corrected chi connectivity index (χ4v) is 4.30. The summed E-state index contributed by atoms with van der Waals surface area (Å²) in [6.07, 6.45) is 5.88. The topological polar surface area (TPSA) is 24.1 Å². The molecule has 3 aliphatic carbocycles. The van der Waals surface area contributed by atoms with Crippen LogP contribution >= 0.6 is 0 Å². The minimum absolute atomic E-state index is 0.677. The Balaban J connectivity index is 1.33. The monoisotopic (exact) mass is 222 g/mol. The van der Waals surface area contributed by atoms with Gasteiger partial charge < -0.3 is 10.6 Å². The van der Waals surface area contributed by atoms with Crippen molar-refractivity contribution >= 4 is 0 Å². The molecule has 0 aromatic heterocycles. The van der Waals surface area contributed by atoms with Crippen molar-refractivity contribution in [1.29, 1.82) is 0 Å². The van der Waals surface area contributed by atoms with Crippen molar-refractivity contribution in [2.45, 2.75) is 51.6 Å². The zero-order valence-corrected chi connectivity index (χ0v) is 10.7. The summed E-state index contributed by atoms with van der Waals surface area (Å²) >= 11 is 0. The maximum absolute atomic E-state index is 3.78. The second kappa shape index (κ2) is 4.30. The Hall–Kier alpha value is -0.0800. The Morgan fingerprint density at radius 2 is 1.81 bits per heavy atom. The summed E-state index contributed by atoms with van der Waals surface area (Å²) in [5.74, 6) is 4.38. The third kappa shape index (κ3) is 1.80. The number of rotatable bonds is 6. The maximum atomic E-state index is 3.78. The zero-order chi connectivity index (χ0) is 11.1. The molecule has 3 rings (SSSR count). The SMILES string of the molecule is CCC(C)NCCNC1C2C3CCC(C3)C12. The van der Waals surface area contributed by atoms with Crippen LogP contribution < -0.4 is 10.6 Å². The Morgan fingerprint density at radius 1 is 1.12 bits per heavy atom. The molecule has 2 heteroatoms. The van der Waals surface area contributed by atoms with Crippen molar-refractivity contribution in [1.82, 2.24) is 10.6 Å². The third-order valence-electron chi connectivity index (χ3n) is 5.35. The normalized spacial score (nSPS) is 45.8. The van der Waals surface area contributed by atoms with Gasteiger partial charge in [-0.15, -0.1) is 0 Å². The van der Waals surface area contributed by atoms with E-state index in [2.05, 4.69) is 24.5 Å². The molecule has 0 heterocycles. The second-order valence-electron chi connectivity index (χ2n) is 6.23. The molecule has 0 aliphatic heterocycles. The molecule has 0 aromatic carbocycles. The van der Waals surface area contributed by atoms with Crippen LogP contribution in [0.1, 0.15) is 39.5 Å². The first-order chi connectivity index (χ1) is 7.81. The van der Waals surface area contributed by atoms with E-state index in [0.717, 1.165) is 36.3 Å². The minimum atomic E-state index is 0.677. The molecule has 3 saturated carbocycles. The van der Waals surface area contributed by atoms with Crippen molar-refractivity contribution in [3.63, 3.8) is 0 Å². The Labute approximate surface area is 99.6 Å². The molecular weight excluding hydrogens is 196 g/mol. The van der Waals surface area contributed by atoms with E-state index in [1.165, 1.54) is 25.8 Å². The lowest BCUT2D eigenvalue weighted by Gasteiger charge is -2.13. The molecule has 2 nitrogen and oxygen atoms in total. The predicted octanol–water partition coefficient (Wildman–Crippen LogP) is 2.01. The first-order valence-corrected chi connectivity index (χ1v) is 7.28. The fourth-order valence-electron chi connectivity index (χ4n) is 4.30. The summed E-state index contributed by atoms with van der Waals surface area (Å²) in [5, 5.41) is 7.33. The molecule has 0 amide bonds. The van der Waals surface area contributed by atoms with E-state index < -0.39 is 0 Å². The van der Waals surface area contributed by atoms with Gasteiger partial charge in [0, 0.05) is 25.2 Å². The van der Waals surface area contributed by atoms with E-state index in [-0.39, 0.29) is 0 Å². The molecule has 5 unspecified atom stereocenters. The quantitative estimate of drug-likeness (QED) is 0.672. The molecule has 3 aliphatic rings. The summed E-state index contributed by atoms with van der Waals surface area (Å²) in [5.41, 5.74) is 0. The van der Waals surface area contributed by atoms with Crippen molar-refractivity contribution in [3.05, 3.63) is 0 Å². The zero-order valence-electron chi connectivity index (χ0n) is 10.7. The largest absolute Gasteiger partial charge is 0.313 e. The van der Waals surface area contributed by atoms with Crippen LogP contribution in [0.5, 0.6) is 0 Å². The van der Waals surface area contributed by atoms with Crippen LogP contribution in [0.4, 0.5) is 0 Å². The van der Waals surface area contributed by atoms with Gasteiger partial charge in [-0.3, -0.25) is 0 Å². The average Bonchev–Trinajstić information content (AvgIpc) is 2.71. The lowest BCUT2D eigenvalue weighted by atomic mass is 10.0. The van der Waals surface area contributed by atoms with Gasteiger partial charge in [0.1, 0.15) is 0 Å². The van der Waals surface area contributed by atoms with Crippen molar-refractivity contribution in [3.8, 4) is 0 Å².